The van der Waals surface area contributed by atoms with Crippen molar-refractivity contribution in [2.45, 2.75) is 45.0 Å². The van der Waals surface area contributed by atoms with Crippen LogP contribution in [-0.4, -0.2) is 25.4 Å². The smallest absolute Gasteiger partial charge is 0.426 e. The SMILES string of the molecule is CCc1ccc(OC(C(N)CC)C(F)(F)F)c(OC)c1. The first-order valence-corrected chi connectivity index (χ1v) is 6.49. The van der Waals surface area contributed by atoms with Crippen molar-refractivity contribution >= 4 is 0 Å². The molecule has 0 saturated carbocycles. The van der Waals surface area contributed by atoms with E-state index in [1.54, 1.807) is 19.1 Å². The van der Waals surface area contributed by atoms with Gasteiger partial charge in [-0.15, -0.1) is 0 Å². The van der Waals surface area contributed by atoms with Crippen molar-refractivity contribution in [2.24, 2.45) is 5.73 Å². The lowest BCUT2D eigenvalue weighted by Crippen LogP contribution is -2.48. The van der Waals surface area contributed by atoms with Crippen molar-refractivity contribution in [1.29, 1.82) is 0 Å². The van der Waals surface area contributed by atoms with Crippen LogP contribution in [0.2, 0.25) is 0 Å². The zero-order valence-corrected chi connectivity index (χ0v) is 11.8. The molecule has 20 heavy (non-hydrogen) atoms. The Kier molecular flexibility index (Phi) is 5.68. The van der Waals surface area contributed by atoms with Gasteiger partial charge >= 0.3 is 6.18 Å². The van der Waals surface area contributed by atoms with Crippen molar-refractivity contribution in [3.05, 3.63) is 23.8 Å². The van der Waals surface area contributed by atoms with Gasteiger partial charge in [-0.2, -0.15) is 13.2 Å². The van der Waals surface area contributed by atoms with Crippen molar-refractivity contribution in [3.8, 4) is 11.5 Å². The molecule has 0 heterocycles. The third-order valence-corrected chi connectivity index (χ3v) is 3.07. The zero-order valence-electron chi connectivity index (χ0n) is 11.8. The van der Waals surface area contributed by atoms with Crippen molar-refractivity contribution in [1.82, 2.24) is 0 Å². The van der Waals surface area contributed by atoms with E-state index >= 15 is 0 Å². The first-order valence-electron chi connectivity index (χ1n) is 6.49. The van der Waals surface area contributed by atoms with Crippen molar-refractivity contribution < 1.29 is 22.6 Å². The number of hydrogen-bond acceptors (Lipinski definition) is 3. The number of hydrogen-bond donors (Lipinski definition) is 1. The number of alkyl halides is 3. The summed E-state index contributed by atoms with van der Waals surface area (Å²) in [6.07, 6.45) is -5.65. The molecule has 1 rings (SSSR count). The van der Waals surface area contributed by atoms with Crippen LogP contribution < -0.4 is 15.2 Å². The average molecular weight is 291 g/mol. The van der Waals surface area contributed by atoms with Crippen LogP contribution in [0.3, 0.4) is 0 Å². The van der Waals surface area contributed by atoms with Gasteiger partial charge in [0, 0.05) is 0 Å². The maximum absolute atomic E-state index is 13.0. The topological polar surface area (TPSA) is 44.5 Å². The second-order valence-electron chi connectivity index (χ2n) is 4.49. The van der Waals surface area contributed by atoms with Gasteiger partial charge in [0.05, 0.1) is 13.2 Å². The number of halogens is 3. The van der Waals surface area contributed by atoms with Gasteiger partial charge in [-0.25, -0.2) is 0 Å². The summed E-state index contributed by atoms with van der Waals surface area (Å²) in [4.78, 5) is 0. The molecule has 2 N–H and O–H groups in total. The molecule has 0 spiro atoms. The molecule has 0 bridgehead atoms. The number of rotatable bonds is 6. The highest BCUT2D eigenvalue weighted by Gasteiger charge is 2.45. The molecular weight excluding hydrogens is 271 g/mol. The van der Waals surface area contributed by atoms with E-state index < -0.39 is 18.3 Å². The highest BCUT2D eigenvalue weighted by atomic mass is 19.4. The number of aryl methyl sites for hydroxylation is 1. The third kappa shape index (κ3) is 4.03. The second-order valence-corrected chi connectivity index (χ2v) is 4.49. The maximum atomic E-state index is 13.0. The quantitative estimate of drug-likeness (QED) is 0.874. The summed E-state index contributed by atoms with van der Waals surface area (Å²) in [7, 11) is 1.39. The minimum Gasteiger partial charge on any atom is -0.493 e. The Labute approximate surface area is 116 Å². The minimum absolute atomic E-state index is 0.0518. The molecule has 0 aliphatic heterocycles. The highest BCUT2D eigenvalue weighted by Crippen LogP contribution is 2.34. The first kappa shape index (κ1) is 16.6. The van der Waals surface area contributed by atoms with Gasteiger partial charge in [0.1, 0.15) is 0 Å². The highest BCUT2D eigenvalue weighted by molar-refractivity contribution is 5.43. The number of nitrogens with two attached hydrogens (primary N) is 1. The minimum atomic E-state index is -4.52. The van der Waals surface area contributed by atoms with E-state index in [0.717, 1.165) is 12.0 Å². The van der Waals surface area contributed by atoms with Crippen LogP contribution in [-0.2, 0) is 6.42 Å². The van der Waals surface area contributed by atoms with Crippen LogP contribution >= 0.6 is 0 Å². The van der Waals surface area contributed by atoms with Gasteiger partial charge in [-0.05, 0) is 30.5 Å². The molecule has 0 amide bonds. The largest absolute Gasteiger partial charge is 0.493 e. The van der Waals surface area contributed by atoms with Crippen LogP contribution in [0.5, 0.6) is 11.5 Å². The molecule has 1 aromatic carbocycles. The van der Waals surface area contributed by atoms with E-state index in [-0.39, 0.29) is 17.9 Å². The normalized spacial score (nSPS) is 14.8. The van der Waals surface area contributed by atoms with Gasteiger partial charge in [-0.3, -0.25) is 0 Å². The molecule has 0 fully saturated rings. The van der Waals surface area contributed by atoms with Crippen LogP contribution in [0.1, 0.15) is 25.8 Å². The van der Waals surface area contributed by atoms with E-state index in [9.17, 15) is 13.2 Å². The fraction of sp³-hybridized carbons (Fsp3) is 0.571. The molecule has 0 aliphatic carbocycles. The fourth-order valence-corrected chi connectivity index (χ4v) is 1.78. The van der Waals surface area contributed by atoms with E-state index in [1.165, 1.54) is 13.2 Å². The van der Waals surface area contributed by atoms with Gasteiger partial charge in [0.25, 0.3) is 0 Å². The van der Waals surface area contributed by atoms with E-state index in [1.807, 2.05) is 6.92 Å². The van der Waals surface area contributed by atoms with Crippen LogP contribution in [0.25, 0.3) is 0 Å². The number of ether oxygens (including phenoxy) is 2. The van der Waals surface area contributed by atoms with Gasteiger partial charge in [0.15, 0.2) is 11.5 Å². The molecule has 2 atom stereocenters. The molecular formula is C14H20F3NO2. The summed E-state index contributed by atoms with van der Waals surface area (Å²) < 4.78 is 49.1. The van der Waals surface area contributed by atoms with Gasteiger partial charge in [0.2, 0.25) is 6.10 Å². The molecule has 2 unspecified atom stereocenters. The molecule has 3 nitrogen and oxygen atoms in total. The average Bonchev–Trinajstić information content (AvgIpc) is 2.42. The summed E-state index contributed by atoms with van der Waals surface area (Å²) in [6.45, 7) is 3.53. The molecule has 0 saturated heterocycles. The van der Waals surface area contributed by atoms with Gasteiger partial charge < -0.3 is 15.2 Å². The Bertz CT molecular complexity index is 435. The molecule has 0 radical (unpaired) electrons. The monoisotopic (exact) mass is 291 g/mol. The van der Waals surface area contributed by atoms with Crippen LogP contribution in [0, 0.1) is 0 Å². The number of methoxy groups -OCH3 is 1. The summed E-state index contributed by atoms with van der Waals surface area (Å²) >= 11 is 0. The van der Waals surface area contributed by atoms with E-state index in [2.05, 4.69) is 0 Å². The fourth-order valence-electron chi connectivity index (χ4n) is 1.78. The second kappa shape index (κ2) is 6.83. The number of benzene rings is 1. The Morgan fingerprint density at radius 3 is 2.30 bits per heavy atom. The van der Waals surface area contributed by atoms with Gasteiger partial charge in [-0.1, -0.05) is 19.9 Å². The molecule has 1 aromatic rings. The lowest BCUT2D eigenvalue weighted by Gasteiger charge is -2.27. The predicted octanol–water partition coefficient (Wildman–Crippen LogP) is 3.30. The lowest BCUT2D eigenvalue weighted by molar-refractivity contribution is -0.201. The summed E-state index contributed by atoms with van der Waals surface area (Å²) in [6, 6.07) is 3.74. The standard InChI is InChI=1S/C14H20F3NO2/c1-4-9-6-7-11(12(8-9)19-3)20-13(10(18)5-2)14(15,16)17/h6-8,10,13H,4-5,18H2,1-3H3. The predicted molar refractivity (Wildman–Crippen MR) is 71.1 cm³/mol. The molecule has 0 aromatic heterocycles. The summed E-state index contributed by atoms with van der Waals surface area (Å²) in [5, 5.41) is 0. The summed E-state index contributed by atoms with van der Waals surface area (Å²) in [5.74, 6) is 0.331. The first-order chi connectivity index (χ1) is 9.33. The van der Waals surface area contributed by atoms with Crippen LogP contribution in [0.4, 0.5) is 13.2 Å². The van der Waals surface area contributed by atoms with E-state index in [4.69, 9.17) is 15.2 Å². The Balaban J connectivity index is 3.05. The Morgan fingerprint density at radius 2 is 1.85 bits per heavy atom. The van der Waals surface area contributed by atoms with Crippen molar-refractivity contribution in [2.75, 3.05) is 7.11 Å². The summed E-state index contributed by atoms with van der Waals surface area (Å²) in [5.41, 5.74) is 6.47. The lowest BCUT2D eigenvalue weighted by atomic mass is 10.1. The Hall–Kier alpha value is -1.43. The molecule has 114 valence electrons. The molecule has 0 aliphatic rings. The third-order valence-electron chi connectivity index (χ3n) is 3.07. The van der Waals surface area contributed by atoms with E-state index in [0.29, 0.717) is 0 Å². The Morgan fingerprint density at radius 1 is 1.20 bits per heavy atom. The molecule has 6 heteroatoms. The van der Waals surface area contributed by atoms with Crippen molar-refractivity contribution in [3.63, 3.8) is 0 Å². The zero-order chi connectivity index (χ0) is 15.3. The maximum Gasteiger partial charge on any atom is 0.426 e. The van der Waals surface area contributed by atoms with Crippen LogP contribution in [0.15, 0.2) is 18.2 Å².